The predicted molar refractivity (Wildman–Crippen MR) is 21.4 cm³/mol. The quantitative estimate of drug-likeness (QED) is 0.488. The highest BCUT2D eigenvalue weighted by Gasteiger charge is 1.93. The molecule has 0 spiro atoms. The highest BCUT2D eigenvalue weighted by Crippen LogP contribution is 2.06. The summed E-state index contributed by atoms with van der Waals surface area (Å²) in [5.74, 6) is 0.560. The molecule has 1 aromatic heterocycles. The summed E-state index contributed by atoms with van der Waals surface area (Å²) < 4.78 is 4.42. The van der Waals surface area contributed by atoms with E-state index in [2.05, 4.69) is 9.40 Å². The van der Waals surface area contributed by atoms with Gasteiger partial charge in [-0.3, -0.25) is 0 Å². The van der Waals surface area contributed by atoms with Gasteiger partial charge >= 0.3 is 6.08 Å². The molecule has 0 saturated carbocycles. The van der Waals surface area contributed by atoms with Crippen LogP contribution < -0.4 is 0 Å². The summed E-state index contributed by atoms with van der Waals surface area (Å²) >= 11 is 0. The molecule has 1 heterocycles. The van der Waals surface area contributed by atoms with Crippen molar-refractivity contribution >= 4 is 0 Å². The minimum absolute atomic E-state index is 0.516. The van der Waals surface area contributed by atoms with Gasteiger partial charge in [0.15, 0.2) is 0 Å². The smallest absolute Gasteiger partial charge is 0.412 e. The summed E-state index contributed by atoms with van der Waals surface area (Å²) in [4.78, 5) is 3.29. The van der Waals surface area contributed by atoms with Gasteiger partial charge in [-0.05, 0) is 6.92 Å². The monoisotopic (exact) mass is 98.0 g/mol. The first-order valence-corrected chi connectivity index (χ1v) is 1.88. The molecule has 0 aliphatic carbocycles. The van der Waals surface area contributed by atoms with Crippen LogP contribution in [0.4, 0.5) is 0 Å². The molecule has 0 bridgehead atoms. The number of aryl methyl sites for hydroxylation is 1. The Labute approximate surface area is 40.6 Å². The first-order chi connectivity index (χ1) is 3.29. The summed E-state index contributed by atoms with van der Waals surface area (Å²) in [7, 11) is 0. The fourth-order valence-electron chi connectivity index (χ4n) is 0.334. The molecule has 0 amide bonds. The van der Waals surface area contributed by atoms with Crippen molar-refractivity contribution in [3.63, 3.8) is 0 Å². The topological polar surface area (TPSA) is 45.9 Å². The Morgan fingerprint density at radius 1 is 1.86 bits per heavy atom. The van der Waals surface area contributed by atoms with Crippen LogP contribution >= 0.6 is 0 Å². The zero-order chi connectivity index (χ0) is 5.28. The van der Waals surface area contributed by atoms with E-state index >= 15 is 0 Å². The van der Waals surface area contributed by atoms with Gasteiger partial charge in [-0.15, -0.1) is 0 Å². The lowest BCUT2D eigenvalue weighted by Gasteiger charge is -1.69. The average Bonchev–Trinajstić information content (AvgIpc) is 1.87. The standard InChI is InChI=1S/C4H4NO2/c1-3-2-5-4(6)7-3/h2H,1H3. The Hall–Kier alpha value is -0.990. The van der Waals surface area contributed by atoms with Crippen molar-refractivity contribution in [1.82, 2.24) is 4.98 Å². The Balaban J connectivity index is 3.04. The van der Waals surface area contributed by atoms with E-state index in [0.29, 0.717) is 5.76 Å². The van der Waals surface area contributed by atoms with E-state index in [1.165, 1.54) is 6.20 Å². The maximum Gasteiger partial charge on any atom is 0.438 e. The fraction of sp³-hybridized carbons (Fsp3) is 0.250. The predicted octanol–water partition coefficient (Wildman–Crippen LogP) is 1.13. The lowest BCUT2D eigenvalue weighted by atomic mass is 10.6. The third-order valence-corrected chi connectivity index (χ3v) is 0.600. The van der Waals surface area contributed by atoms with Crippen LogP contribution in [0.15, 0.2) is 10.6 Å². The number of rotatable bonds is 0. The number of hydrogen-bond donors (Lipinski definition) is 0. The lowest BCUT2D eigenvalue weighted by molar-refractivity contribution is 0.232. The van der Waals surface area contributed by atoms with Crippen LogP contribution in [-0.2, 0) is 5.11 Å². The van der Waals surface area contributed by atoms with Gasteiger partial charge in [0, 0.05) is 0 Å². The van der Waals surface area contributed by atoms with E-state index in [9.17, 15) is 5.11 Å². The molecule has 0 fully saturated rings. The summed E-state index contributed by atoms with van der Waals surface area (Å²) in [6.07, 6.45) is 0.875. The second kappa shape index (κ2) is 1.26. The first kappa shape index (κ1) is 4.18. The van der Waals surface area contributed by atoms with E-state index in [4.69, 9.17) is 0 Å². The van der Waals surface area contributed by atoms with Crippen molar-refractivity contribution in [2.24, 2.45) is 0 Å². The molecule has 0 saturated heterocycles. The SMILES string of the molecule is Cc1cnc([O])o1. The van der Waals surface area contributed by atoms with Gasteiger partial charge in [-0.1, -0.05) is 0 Å². The van der Waals surface area contributed by atoms with Gasteiger partial charge in [-0.25, -0.2) is 5.11 Å². The molecule has 0 unspecified atom stereocenters. The number of oxazole rings is 1. The summed E-state index contributed by atoms with van der Waals surface area (Å²) in [5, 5.41) is 10.0. The highest BCUT2D eigenvalue weighted by molar-refractivity contribution is 4.91. The zero-order valence-electron chi connectivity index (χ0n) is 3.84. The molecular formula is C4H4NO2. The largest absolute Gasteiger partial charge is 0.438 e. The number of aromatic nitrogens is 1. The maximum absolute atomic E-state index is 10.0. The van der Waals surface area contributed by atoms with Crippen molar-refractivity contribution < 1.29 is 9.52 Å². The van der Waals surface area contributed by atoms with Crippen molar-refractivity contribution in [2.45, 2.75) is 6.92 Å². The normalized spacial score (nSPS) is 9.29. The molecule has 0 atom stereocenters. The van der Waals surface area contributed by atoms with Crippen LogP contribution in [0, 0.1) is 6.92 Å². The zero-order valence-corrected chi connectivity index (χ0v) is 3.84. The van der Waals surface area contributed by atoms with Gasteiger partial charge in [0.05, 0.1) is 6.20 Å². The fourth-order valence-corrected chi connectivity index (χ4v) is 0.334. The van der Waals surface area contributed by atoms with Crippen LogP contribution in [0.25, 0.3) is 0 Å². The van der Waals surface area contributed by atoms with E-state index < -0.39 is 6.08 Å². The van der Waals surface area contributed by atoms with Crippen LogP contribution in [0.5, 0.6) is 6.08 Å². The summed E-state index contributed by atoms with van der Waals surface area (Å²) in [6, 6.07) is 0. The van der Waals surface area contributed by atoms with Gasteiger partial charge in [0.25, 0.3) is 0 Å². The first-order valence-electron chi connectivity index (χ1n) is 1.88. The Morgan fingerprint density at radius 2 is 2.57 bits per heavy atom. The summed E-state index contributed by atoms with van der Waals surface area (Å²) in [6.45, 7) is 1.67. The van der Waals surface area contributed by atoms with Crippen molar-refractivity contribution in [1.29, 1.82) is 0 Å². The molecular weight excluding hydrogens is 94.0 g/mol. The minimum Gasteiger partial charge on any atom is -0.412 e. The molecule has 0 aliphatic heterocycles. The van der Waals surface area contributed by atoms with Crippen molar-refractivity contribution in [2.75, 3.05) is 0 Å². The number of nitrogens with zero attached hydrogens (tertiary/aromatic N) is 1. The van der Waals surface area contributed by atoms with Crippen LogP contribution in [0.3, 0.4) is 0 Å². The third kappa shape index (κ3) is 0.707. The van der Waals surface area contributed by atoms with Gasteiger partial charge in [0.1, 0.15) is 5.76 Å². The minimum atomic E-state index is -0.516. The van der Waals surface area contributed by atoms with Gasteiger partial charge < -0.3 is 4.42 Å². The molecule has 0 aromatic carbocycles. The lowest BCUT2D eigenvalue weighted by Crippen LogP contribution is -1.50. The molecule has 1 rings (SSSR count). The van der Waals surface area contributed by atoms with Gasteiger partial charge in [-0.2, -0.15) is 4.98 Å². The molecule has 1 radical (unpaired) electrons. The molecule has 37 valence electrons. The second-order valence-corrected chi connectivity index (χ2v) is 1.24. The molecule has 3 heteroatoms. The van der Waals surface area contributed by atoms with Gasteiger partial charge in [0.2, 0.25) is 0 Å². The maximum atomic E-state index is 10.0. The molecule has 1 aromatic rings. The third-order valence-electron chi connectivity index (χ3n) is 0.600. The summed E-state index contributed by atoms with van der Waals surface area (Å²) in [5.41, 5.74) is 0. The average molecular weight is 98.1 g/mol. The second-order valence-electron chi connectivity index (χ2n) is 1.24. The Bertz CT molecular complexity index is 142. The Morgan fingerprint density at radius 3 is 2.71 bits per heavy atom. The Kier molecular flexibility index (Phi) is 0.749. The van der Waals surface area contributed by atoms with E-state index in [-0.39, 0.29) is 0 Å². The van der Waals surface area contributed by atoms with Crippen molar-refractivity contribution in [3.8, 4) is 6.08 Å². The van der Waals surface area contributed by atoms with Crippen LogP contribution in [-0.4, -0.2) is 4.98 Å². The van der Waals surface area contributed by atoms with Crippen LogP contribution in [0.1, 0.15) is 5.76 Å². The van der Waals surface area contributed by atoms with Crippen LogP contribution in [0.2, 0.25) is 0 Å². The molecule has 3 nitrogen and oxygen atoms in total. The molecule has 7 heavy (non-hydrogen) atoms. The van der Waals surface area contributed by atoms with E-state index in [1.54, 1.807) is 6.92 Å². The van der Waals surface area contributed by atoms with Crippen molar-refractivity contribution in [3.05, 3.63) is 12.0 Å². The molecule has 0 aliphatic rings. The van der Waals surface area contributed by atoms with E-state index in [1.807, 2.05) is 0 Å². The highest BCUT2D eigenvalue weighted by atomic mass is 16.5. The molecule has 0 N–H and O–H groups in total. The number of hydrogen-bond acceptors (Lipinski definition) is 2. The van der Waals surface area contributed by atoms with E-state index in [0.717, 1.165) is 0 Å².